The first kappa shape index (κ1) is 20.4. The number of hydrogen-bond acceptors (Lipinski definition) is 1. The summed E-state index contributed by atoms with van der Waals surface area (Å²) in [6, 6.07) is 0. The van der Waals surface area contributed by atoms with E-state index < -0.39 is 0 Å². The second-order valence-electron chi connectivity index (χ2n) is 3.58. The lowest BCUT2D eigenvalue weighted by Crippen LogP contribution is -2.29. The summed E-state index contributed by atoms with van der Waals surface area (Å²) < 4.78 is 0. The molecule has 2 N–H and O–H groups in total. The van der Waals surface area contributed by atoms with Crippen molar-refractivity contribution >= 4 is 0 Å². The molecule has 0 aromatic carbocycles. The molecular formula is C14H35N. The fourth-order valence-corrected chi connectivity index (χ4v) is 1.61. The maximum atomic E-state index is 5.64. The Balaban J connectivity index is -0.000000208. The molecule has 96 valence electrons. The average molecular weight is 217 g/mol. The van der Waals surface area contributed by atoms with Crippen LogP contribution in [0.4, 0.5) is 0 Å². The predicted octanol–water partition coefficient (Wildman–Crippen LogP) is 4.99. The summed E-state index contributed by atoms with van der Waals surface area (Å²) in [6.45, 7) is 15.2. The van der Waals surface area contributed by atoms with Crippen LogP contribution in [0.15, 0.2) is 0 Å². The summed E-state index contributed by atoms with van der Waals surface area (Å²) in [7, 11) is 0. The summed E-state index contributed by atoms with van der Waals surface area (Å²) in [6.07, 6.45) is 6.92. The topological polar surface area (TPSA) is 26.0 Å². The fourth-order valence-electron chi connectivity index (χ4n) is 1.61. The Bertz CT molecular complexity index is 83.3. The van der Waals surface area contributed by atoms with Gasteiger partial charge in [0.2, 0.25) is 0 Å². The molecule has 1 aliphatic rings. The molecule has 0 radical (unpaired) electrons. The van der Waals surface area contributed by atoms with Gasteiger partial charge in [-0.05, 0) is 24.8 Å². The van der Waals surface area contributed by atoms with Crippen molar-refractivity contribution in [3.63, 3.8) is 0 Å². The highest BCUT2D eigenvalue weighted by atomic mass is 14.6. The highest BCUT2D eigenvalue weighted by Crippen LogP contribution is 2.34. The molecule has 0 unspecified atom stereocenters. The largest absolute Gasteiger partial charge is 0.330 e. The molecule has 1 saturated carbocycles. The molecule has 0 aromatic rings. The quantitative estimate of drug-likeness (QED) is 0.657. The monoisotopic (exact) mass is 217 g/mol. The van der Waals surface area contributed by atoms with Crippen molar-refractivity contribution in [2.24, 2.45) is 11.1 Å². The zero-order valence-electron chi connectivity index (χ0n) is 12.3. The van der Waals surface area contributed by atoms with Gasteiger partial charge in [0.1, 0.15) is 0 Å². The van der Waals surface area contributed by atoms with Crippen molar-refractivity contribution in [2.75, 3.05) is 6.54 Å². The lowest BCUT2D eigenvalue weighted by molar-refractivity contribution is 0.226. The van der Waals surface area contributed by atoms with Crippen molar-refractivity contribution in [3.8, 4) is 0 Å². The average Bonchev–Trinajstić information content (AvgIpc) is 2.38. The summed E-state index contributed by atoms with van der Waals surface area (Å²) >= 11 is 0. The van der Waals surface area contributed by atoms with Gasteiger partial charge in [-0.3, -0.25) is 0 Å². The minimum atomic E-state index is 0.498. The predicted molar refractivity (Wildman–Crippen MR) is 74.3 cm³/mol. The van der Waals surface area contributed by atoms with E-state index in [9.17, 15) is 0 Å². The zero-order valence-corrected chi connectivity index (χ0v) is 12.3. The van der Waals surface area contributed by atoms with Gasteiger partial charge < -0.3 is 5.73 Å². The second-order valence-corrected chi connectivity index (χ2v) is 3.58. The van der Waals surface area contributed by atoms with Gasteiger partial charge in [0.15, 0.2) is 0 Å². The number of rotatable bonds is 1. The van der Waals surface area contributed by atoms with Crippen LogP contribution in [0.5, 0.6) is 0 Å². The van der Waals surface area contributed by atoms with Crippen LogP contribution in [-0.2, 0) is 0 Å². The van der Waals surface area contributed by atoms with Gasteiger partial charge in [0.05, 0.1) is 0 Å². The molecule has 15 heavy (non-hydrogen) atoms. The van der Waals surface area contributed by atoms with Crippen molar-refractivity contribution in [1.29, 1.82) is 0 Å². The standard InChI is InChI=1S/C8H17N.3C2H6/c1-8(7-9)5-3-2-4-6-8;3*1-2/h2-7,9H2,1H3;3*1-2H3. The Morgan fingerprint density at radius 2 is 1.13 bits per heavy atom. The Labute approximate surface area is 98.8 Å². The third kappa shape index (κ3) is 11.9. The summed E-state index contributed by atoms with van der Waals surface area (Å²) in [5.74, 6) is 0. The molecule has 1 nitrogen and oxygen atoms in total. The third-order valence-electron chi connectivity index (χ3n) is 2.55. The van der Waals surface area contributed by atoms with Gasteiger partial charge in [0, 0.05) is 0 Å². The van der Waals surface area contributed by atoms with E-state index in [1.54, 1.807) is 0 Å². The lowest BCUT2D eigenvalue weighted by atomic mass is 9.76. The van der Waals surface area contributed by atoms with E-state index in [2.05, 4.69) is 6.92 Å². The molecule has 1 rings (SSSR count). The van der Waals surface area contributed by atoms with Crippen LogP contribution >= 0.6 is 0 Å². The van der Waals surface area contributed by atoms with E-state index in [4.69, 9.17) is 5.73 Å². The summed E-state index contributed by atoms with van der Waals surface area (Å²) in [5.41, 5.74) is 6.14. The van der Waals surface area contributed by atoms with Crippen LogP contribution in [0.2, 0.25) is 0 Å². The minimum absolute atomic E-state index is 0.498. The van der Waals surface area contributed by atoms with Gasteiger partial charge >= 0.3 is 0 Å². The molecule has 0 saturated heterocycles. The first-order chi connectivity index (χ1) is 7.27. The maximum absolute atomic E-state index is 5.64. The van der Waals surface area contributed by atoms with Crippen LogP contribution in [0, 0.1) is 5.41 Å². The van der Waals surface area contributed by atoms with Gasteiger partial charge in [0.25, 0.3) is 0 Å². The Hall–Kier alpha value is -0.0400. The molecule has 0 spiro atoms. The summed E-state index contributed by atoms with van der Waals surface area (Å²) in [5, 5.41) is 0. The highest BCUT2D eigenvalue weighted by molar-refractivity contribution is 4.78. The van der Waals surface area contributed by atoms with Crippen LogP contribution in [0.1, 0.15) is 80.6 Å². The normalized spacial score (nSPS) is 16.8. The Morgan fingerprint density at radius 3 is 1.33 bits per heavy atom. The van der Waals surface area contributed by atoms with E-state index in [0.29, 0.717) is 5.41 Å². The number of hydrogen-bond donors (Lipinski definition) is 1. The molecule has 0 aromatic heterocycles. The molecule has 1 aliphatic carbocycles. The molecule has 1 fully saturated rings. The van der Waals surface area contributed by atoms with Gasteiger partial charge in [-0.15, -0.1) is 0 Å². The molecule has 0 heterocycles. The van der Waals surface area contributed by atoms with Gasteiger partial charge in [-0.2, -0.15) is 0 Å². The second kappa shape index (κ2) is 16.4. The molecule has 0 aliphatic heterocycles. The van der Waals surface area contributed by atoms with Crippen molar-refractivity contribution < 1.29 is 0 Å². The fraction of sp³-hybridized carbons (Fsp3) is 1.00. The maximum Gasteiger partial charge on any atom is -0.00232 e. The van der Waals surface area contributed by atoms with Crippen molar-refractivity contribution in [1.82, 2.24) is 0 Å². The van der Waals surface area contributed by atoms with E-state index in [0.717, 1.165) is 6.54 Å². The van der Waals surface area contributed by atoms with E-state index >= 15 is 0 Å². The van der Waals surface area contributed by atoms with Crippen molar-refractivity contribution in [3.05, 3.63) is 0 Å². The molecular weight excluding hydrogens is 182 g/mol. The van der Waals surface area contributed by atoms with E-state index in [1.807, 2.05) is 41.5 Å². The third-order valence-corrected chi connectivity index (χ3v) is 2.55. The van der Waals surface area contributed by atoms with E-state index in [1.165, 1.54) is 32.1 Å². The van der Waals surface area contributed by atoms with Crippen LogP contribution in [0.3, 0.4) is 0 Å². The Morgan fingerprint density at radius 1 is 0.800 bits per heavy atom. The lowest BCUT2D eigenvalue weighted by Gasteiger charge is -2.31. The zero-order chi connectivity index (χ0) is 12.7. The van der Waals surface area contributed by atoms with Crippen LogP contribution in [0.25, 0.3) is 0 Å². The number of nitrogens with two attached hydrogens (primary N) is 1. The van der Waals surface area contributed by atoms with Gasteiger partial charge in [-0.25, -0.2) is 0 Å². The summed E-state index contributed by atoms with van der Waals surface area (Å²) in [4.78, 5) is 0. The highest BCUT2D eigenvalue weighted by Gasteiger charge is 2.24. The van der Waals surface area contributed by atoms with E-state index in [-0.39, 0.29) is 0 Å². The first-order valence-corrected chi connectivity index (χ1v) is 6.97. The molecule has 1 heteroatoms. The molecule has 0 amide bonds. The molecule has 0 atom stereocenters. The van der Waals surface area contributed by atoms with Crippen LogP contribution in [-0.4, -0.2) is 6.54 Å². The SMILES string of the molecule is CC.CC.CC.CC1(CN)CCCCC1. The Kier molecular flexibility index (Phi) is 22.3. The van der Waals surface area contributed by atoms with Crippen molar-refractivity contribution in [2.45, 2.75) is 80.6 Å². The van der Waals surface area contributed by atoms with Crippen LogP contribution < -0.4 is 5.73 Å². The molecule has 0 bridgehead atoms. The minimum Gasteiger partial charge on any atom is -0.330 e. The van der Waals surface area contributed by atoms with Gasteiger partial charge in [-0.1, -0.05) is 67.7 Å². The first-order valence-electron chi connectivity index (χ1n) is 6.97. The smallest absolute Gasteiger partial charge is 0.00232 e.